The smallest absolute Gasteiger partial charge is 0.306 e. The van der Waals surface area contributed by atoms with E-state index in [9.17, 15) is 14.4 Å². The maximum Gasteiger partial charge on any atom is 0.306 e. The van der Waals surface area contributed by atoms with Gasteiger partial charge in [-0.15, -0.1) is 0 Å². The van der Waals surface area contributed by atoms with Crippen LogP contribution in [0, 0.1) is 0 Å². The molecule has 0 saturated carbocycles. The molecular weight excluding hydrogens is 901 g/mol. The number of carbonyl (C=O) groups excluding carboxylic acids is 3. The van der Waals surface area contributed by atoms with Gasteiger partial charge in [-0.25, -0.2) is 0 Å². The highest BCUT2D eigenvalue weighted by molar-refractivity contribution is 5.71. The van der Waals surface area contributed by atoms with E-state index in [1.54, 1.807) is 0 Å². The molecule has 0 aliphatic carbocycles. The van der Waals surface area contributed by atoms with E-state index in [0.29, 0.717) is 19.3 Å². The largest absolute Gasteiger partial charge is 0.462 e. The van der Waals surface area contributed by atoms with Crippen molar-refractivity contribution >= 4 is 17.9 Å². The highest BCUT2D eigenvalue weighted by Gasteiger charge is 2.19. The average molecular weight is 1010 g/mol. The molecule has 0 aliphatic heterocycles. The molecule has 0 aromatic rings. The molecule has 73 heavy (non-hydrogen) atoms. The Morgan fingerprint density at radius 3 is 0.877 bits per heavy atom. The van der Waals surface area contributed by atoms with Gasteiger partial charge in [-0.1, -0.05) is 239 Å². The predicted octanol–water partition coefficient (Wildman–Crippen LogP) is 20.7. The minimum Gasteiger partial charge on any atom is -0.462 e. The lowest BCUT2D eigenvalue weighted by atomic mass is 10.1. The molecule has 0 rings (SSSR count). The number of carbonyl (C=O) groups is 3. The molecule has 0 heterocycles. The van der Waals surface area contributed by atoms with Gasteiger partial charge in [0.1, 0.15) is 13.2 Å². The van der Waals surface area contributed by atoms with Gasteiger partial charge in [0, 0.05) is 19.3 Å². The Morgan fingerprint density at radius 1 is 0.288 bits per heavy atom. The molecule has 0 aromatic heterocycles. The summed E-state index contributed by atoms with van der Waals surface area (Å²) in [6, 6.07) is 0. The van der Waals surface area contributed by atoms with Gasteiger partial charge in [0.2, 0.25) is 0 Å². The summed E-state index contributed by atoms with van der Waals surface area (Å²) < 4.78 is 16.9. The highest BCUT2D eigenvalue weighted by atomic mass is 16.6. The Labute approximate surface area is 450 Å². The molecule has 0 aromatic carbocycles. The topological polar surface area (TPSA) is 78.9 Å². The van der Waals surface area contributed by atoms with Gasteiger partial charge in [0.15, 0.2) is 6.10 Å². The van der Waals surface area contributed by atoms with Crippen molar-refractivity contribution in [3.8, 4) is 0 Å². The van der Waals surface area contributed by atoms with Gasteiger partial charge >= 0.3 is 17.9 Å². The summed E-state index contributed by atoms with van der Waals surface area (Å²) in [6.07, 6.45) is 82.2. The Bertz CT molecular complexity index is 1490. The number of hydrogen-bond donors (Lipinski definition) is 0. The van der Waals surface area contributed by atoms with E-state index in [4.69, 9.17) is 14.2 Å². The van der Waals surface area contributed by atoms with E-state index >= 15 is 0 Å². The van der Waals surface area contributed by atoms with Crippen molar-refractivity contribution in [2.75, 3.05) is 13.2 Å². The van der Waals surface area contributed by atoms with Crippen molar-refractivity contribution in [2.24, 2.45) is 0 Å². The second-order valence-corrected chi connectivity index (χ2v) is 19.9. The van der Waals surface area contributed by atoms with Gasteiger partial charge in [-0.2, -0.15) is 0 Å². The highest BCUT2D eigenvalue weighted by Crippen LogP contribution is 2.15. The second kappa shape index (κ2) is 60.6. The van der Waals surface area contributed by atoms with Crippen molar-refractivity contribution in [3.05, 3.63) is 109 Å². The van der Waals surface area contributed by atoms with E-state index in [2.05, 4.69) is 130 Å². The number of unbranched alkanes of at least 4 members (excludes halogenated alkanes) is 25. The van der Waals surface area contributed by atoms with Crippen molar-refractivity contribution in [2.45, 2.75) is 284 Å². The minimum atomic E-state index is -0.797. The van der Waals surface area contributed by atoms with Crippen LogP contribution in [0.2, 0.25) is 0 Å². The van der Waals surface area contributed by atoms with Crippen LogP contribution in [0.15, 0.2) is 109 Å². The summed E-state index contributed by atoms with van der Waals surface area (Å²) >= 11 is 0. The Kier molecular flexibility index (Phi) is 57.4. The van der Waals surface area contributed by atoms with Crippen LogP contribution in [-0.2, 0) is 28.6 Å². The van der Waals surface area contributed by atoms with Gasteiger partial charge in [0.25, 0.3) is 0 Å². The number of allylic oxidation sites excluding steroid dienone is 18. The van der Waals surface area contributed by atoms with Gasteiger partial charge < -0.3 is 14.2 Å². The molecule has 0 N–H and O–H groups in total. The van der Waals surface area contributed by atoms with E-state index in [0.717, 1.165) is 122 Å². The first-order valence-electron chi connectivity index (χ1n) is 30.4. The second-order valence-electron chi connectivity index (χ2n) is 19.9. The van der Waals surface area contributed by atoms with E-state index in [-0.39, 0.29) is 31.1 Å². The molecule has 0 radical (unpaired) electrons. The first kappa shape index (κ1) is 69.1. The minimum absolute atomic E-state index is 0.0932. The third-order valence-electron chi connectivity index (χ3n) is 12.7. The standard InChI is InChI=1S/C67H112O6/c1-4-7-10-13-16-19-22-25-27-29-31-32-33-34-36-37-39-42-45-48-51-54-57-60-66(69)72-63-64(62-71-65(68)59-56-53-50-47-44-41-24-21-18-15-12-9-6-3)73-67(70)61-58-55-52-49-46-43-40-38-35-30-28-26-23-20-17-14-11-8-5-2/h7,10,16-17,19-21,24-28,31-32,34,36,39,42,64H,4-6,8-9,11-15,18,22-23,29-30,33,35,37-38,40-41,43-63H2,1-3H3/b10-7-,19-16-,20-17-,24-21-,27-25-,28-26-,32-31-,36-34-,42-39-. The zero-order valence-corrected chi connectivity index (χ0v) is 47.6. The SMILES string of the molecule is CC/C=C\C/C=C\C/C=C\C/C=C\C/C=C\C/C=C\CCCCCCC(=O)OCC(COC(=O)CCCCCCC/C=C\CCCCCC)OC(=O)CCCCCCCCCCC/C=C\C/C=C\CCCCC. The Balaban J connectivity index is 4.43. The quantitative estimate of drug-likeness (QED) is 0.0261. The van der Waals surface area contributed by atoms with Gasteiger partial charge in [0.05, 0.1) is 0 Å². The maximum absolute atomic E-state index is 12.9. The van der Waals surface area contributed by atoms with Crippen molar-refractivity contribution in [1.29, 1.82) is 0 Å². The van der Waals surface area contributed by atoms with E-state index < -0.39 is 6.10 Å². The maximum atomic E-state index is 12.9. The number of hydrogen-bond acceptors (Lipinski definition) is 6. The fourth-order valence-corrected chi connectivity index (χ4v) is 8.18. The van der Waals surface area contributed by atoms with Crippen LogP contribution >= 0.6 is 0 Å². The van der Waals surface area contributed by atoms with Crippen LogP contribution in [0.4, 0.5) is 0 Å². The molecule has 0 bridgehead atoms. The van der Waals surface area contributed by atoms with Crippen molar-refractivity contribution in [3.63, 3.8) is 0 Å². The molecule has 0 fully saturated rings. The molecule has 0 spiro atoms. The summed E-state index contributed by atoms with van der Waals surface area (Å²) in [4.78, 5) is 38.2. The van der Waals surface area contributed by atoms with Crippen LogP contribution in [0.3, 0.4) is 0 Å². The Morgan fingerprint density at radius 2 is 0.534 bits per heavy atom. The van der Waals surface area contributed by atoms with Gasteiger partial charge in [-0.3, -0.25) is 14.4 Å². The normalized spacial score (nSPS) is 12.9. The summed E-state index contributed by atoms with van der Waals surface area (Å²) in [5.74, 6) is -0.928. The summed E-state index contributed by atoms with van der Waals surface area (Å²) in [5, 5.41) is 0. The molecule has 1 atom stereocenters. The van der Waals surface area contributed by atoms with Crippen LogP contribution in [-0.4, -0.2) is 37.2 Å². The fraction of sp³-hybridized carbons (Fsp3) is 0.687. The number of ether oxygens (including phenoxy) is 3. The number of esters is 3. The third kappa shape index (κ3) is 58.8. The molecular formula is C67H112O6. The van der Waals surface area contributed by atoms with Crippen LogP contribution in [0.1, 0.15) is 278 Å². The first-order chi connectivity index (χ1) is 36.0. The lowest BCUT2D eigenvalue weighted by molar-refractivity contribution is -0.167. The predicted molar refractivity (Wildman–Crippen MR) is 316 cm³/mol. The lowest BCUT2D eigenvalue weighted by Gasteiger charge is -2.18. The molecule has 6 nitrogen and oxygen atoms in total. The van der Waals surface area contributed by atoms with Crippen LogP contribution < -0.4 is 0 Å². The summed E-state index contributed by atoms with van der Waals surface area (Å²) in [6.45, 7) is 6.46. The van der Waals surface area contributed by atoms with E-state index in [1.165, 1.54) is 116 Å². The van der Waals surface area contributed by atoms with Crippen molar-refractivity contribution in [1.82, 2.24) is 0 Å². The molecule has 1 unspecified atom stereocenters. The monoisotopic (exact) mass is 1010 g/mol. The average Bonchev–Trinajstić information content (AvgIpc) is 3.39. The molecule has 6 heteroatoms. The number of rotatable bonds is 54. The third-order valence-corrected chi connectivity index (χ3v) is 12.7. The molecule has 416 valence electrons. The summed E-state index contributed by atoms with van der Waals surface area (Å²) in [7, 11) is 0. The van der Waals surface area contributed by atoms with Crippen LogP contribution in [0.5, 0.6) is 0 Å². The van der Waals surface area contributed by atoms with Crippen LogP contribution in [0.25, 0.3) is 0 Å². The zero-order valence-electron chi connectivity index (χ0n) is 47.6. The molecule has 0 saturated heterocycles. The van der Waals surface area contributed by atoms with Crippen molar-refractivity contribution < 1.29 is 28.6 Å². The van der Waals surface area contributed by atoms with E-state index in [1.807, 2.05) is 0 Å². The molecule has 0 amide bonds. The lowest BCUT2D eigenvalue weighted by Crippen LogP contribution is -2.30. The molecule has 0 aliphatic rings. The fourth-order valence-electron chi connectivity index (χ4n) is 8.18. The summed E-state index contributed by atoms with van der Waals surface area (Å²) in [5.41, 5.74) is 0. The Hall–Kier alpha value is -3.93. The van der Waals surface area contributed by atoms with Gasteiger partial charge in [-0.05, 0) is 128 Å². The zero-order chi connectivity index (χ0) is 52.9. The first-order valence-corrected chi connectivity index (χ1v) is 30.4.